The van der Waals surface area contributed by atoms with Crippen LogP contribution in [0.25, 0.3) is 10.2 Å². The summed E-state index contributed by atoms with van der Waals surface area (Å²) in [5.41, 5.74) is 0.904. The van der Waals surface area contributed by atoms with Crippen molar-refractivity contribution in [2.75, 3.05) is 23.0 Å². The molecule has 25 heavy (non-hydrogen) atoms. The zero-order valence-corrected chi connectivity index (χ0v) is 15.9. The fourth-order valence-electron chi connectivity index (χ4n) is 2.74. The lowest BCUT2D eigenvalue weighted by atomic mass is 10.3. The summed E-state index contributed by atoms with van der Waals surface area (Å²) in [6.07, 6.45) is 0. The zero-order valence-electron chi connectivity index (χ0n) is 13.5. The Morgan fingerprint density at radius 2 is 2.16 bits per heavy atom. The lowest BCUT2D eigenvalue weighted by molar-refractivity contribution is -0.116. The number of anilines is 1. The van der Waals surface area contributed by atoms with E-state index < -0.39 is 0 Å². The molecule has 1 aliphatic heterocycles. The molecule has 3 aromatic rings. The molecular weight excluding hydrogens is 374 g/mol. The predicted octanol–water partition coefficient (Wildman–Crippen LogP) is 3.23. The summed E-state index contributed by atoms with van der Waals surface area (Å²) in [4.78, 5) is 33.3. The van der Waals surface area contributed by atoms with Gasteiger partial charge in [0.05, 0.1) is 16.8 Å². The third-order valence-electron chi connectivity index (χ3n) is 4.02. The molecule has 0 radical (unpaired) electrons. The summed E-state index contributed by atoms with van der Waals surface area (Å²) >= 11 is 4.53. The second kappa shape index (κ2) is 6.86. The van der Waals surface area contributed by atoms with Gasteiger partial charge in [-0.1, -0.05) is 23.9 Å². The van der Waals surface area contributed by atoms with Crippen molar-refractivity contribution < 1.29 is 4.79 Å². The van der Waals surface area contributed by atoms with Gasteiger partial charge < -0.3 is 4.90 Å². The topological polar surface area (TPSA) is 55.2 Å². The van der Waals surface area contributed by atoms with Crippen molar-refractivity contribution in [3.63, 3.8) is 0 Å². The van der Waals surface area contributed by atoms with E-state index in [2.05, 4.69) is 4.98 Å². The van der Waals surface area contributed by atoms with Gasteiger partial charge in [0.1, 0.15) is 4.83 Å². The molecule has 0 saturated carbocycles. The van der Waals surface area contributed by atoms with Crippen molar-refractivity contribution in [3.05, 3.63) is 46.1 Å². The Labute approximate surface area is 157 Å². The van der Waals surface area contributed by atoms with Gasteiger partial charge in [-0.3, -0.25) is 14.2 Å². The first-order valence-electron chi connectivity index (χ1n) is 7.74. The van der Waals surface area contributed by atoms with E-state index in [4.69, 9.17) is 0 Å². The predicted molar refractivity (Wildman–Crippen MR) is 105 cm³/mol. The second-order valence-corrected chi connectivity index (χ2v) is 8.52. The summed E-state index contributed by atoms with van der Waals surface area (Å²) < 4.78 is 1.52. The summed E-state index contributed by atoms with van der Waals surface area (Å²) in [5, 5.41) is 3.07. The number of carbonyl (C=O) groups is 1. The lowest BCUT2D eigenvalue weighted by Gasteiger charge is -2.28. The van der Waals surface area contributed by atoms with Gasteiger partial charge in [0, 0.05) is 24.2 Å². The van der Waals surface area contributed by atoms with E-state index in [0.717, 1.165) is 21.2 Å². The van der Waals surface area contributed by atoms with Crippen LogP contribution in [0.3, 0.4) is 0 Å². The zero-order chi connectivity index (χ0) is 17.4. The normalized spacial score (nSPS) is 13.9. The highest BCUT2D eigenvalue weighted by Gasteiger charge is 2.23. The van der Waals surface area contributed by atoms with Gasteiger partial charge in [-0.25, -0.2) is 4.98 Å². The SMILES string of the molecule is Cn1c(SCC(=O)N2CCSc3ccccc32)nc2sccc2c1=O. The van der Waals surface area contributed by atoms with Crippen LogP contribution in [0.5, 0.6) is 0 Å². The summed E-state index contributed by atoms with van der Waals surface area (Å²) in [7, 11) is 1.70. The summed E-state index contributed by atoms with van der Waals surface area (Å²) in [6.45, 7) is 0.706. The van der Waals surface area contributed by atoms with Gasteiger partial charge in [-0.15, -0.1) is 23.1 Å². The number of carbonyl (C=O) groups excluding carboxylic acids is 1. The van der Waals surface area contributed by atoms with Gasteiger partial charge in [0.15, 0.2) is 5.16 Å². The molecule has 0 fully saturated rings. The van der Waals surface area contributed by atoms with Crippen LogP contribution in [-0.4, -0.2) is 33.5 Å². The Balaban J connectivity index is 1.55. The molecule has 0 unspecified atom stereocenters. The maximum absolute atomic E-state index is 12.7. The van der Waals surface area contributed by atoms with Gasteiger partial charge in [0.25, 0.3) is 5.56 Å². The average molecular weight is 390 g/mol. The molecule has 8 heteroatoms. The molecule has 0 N–H and O–H groups in total. The molecule has 0 atom stereocenters. The minimum atomic E-state index is -0.0686. The molecule has 1 aliphatic rings. The molecule has 0 aliphatic carbocycles. The van der Waals surface area contributed by atoms with E-state index in [0.29, 0.717) is 17.1 Å². The molecule has 1 aromatic carbocycles. The maximum Gasteiger partial charge on any atom is 0.262 e. The van der Waals surface area contributed by atoms with E-state index in [1.165, 1.54) is 27.7 Å². The largest absolute Gasteiger partial charge is 0.310 e. The smallest absolute Gasteiger partial charge is 0.262 e. The molecule has 4 rings (SSSR count). The Morgan fingerprint density at radius 1 is 1.32 bits per heavy atom. The average Bonchev–Trinajstić information content (AvgIpc) is 3.11. The van der Waals surface area contributed by atoms with Crippen LogP contribution in [0.2, 0.25) is 0 Å². The van der Waals surface area contributed by atoms with Crippen LogP contribution < -0.4 is 10.5 Å². The second-order valence-electron chi connectivity index (χ2n) is 5.55. The van der Waals surface area contributed by atoms with Crippen molar-refractivity contribution in [2.45, 2.75) is 10.1 Å². The number of nitrogens with zero attached hydrogens (tertiary/aromatic N) is 3. The van der Waals surface area contributed by atoms with Crippen LogP contribution in [-0.2, 0) is 11.8 Å². The Morgan fingerprint density at radius 3 is 3.04 bits per heavy atom. The number of aromatic nitrogens is 2. The molecular formula is C17H15N3O2S3. The van der Waals surface area contributed by atoms with Crippen LogP contribution in [0.4, 0.5) is 5.69 Å². The highest BCUT2D eigenvalue weighted by Crippen LogP contribution is 2.34. The van der Waals surface area contributed by atoms with Crippen molar-refractivity contribution in [1.82, 2.24) is 9.55 Å². The molecule has 1 amide bonds. The number of thiophene rings is 1. The maximum atomic E-state index is 12.7. The van der Waals surface area contributed by atoms with Gasteiger partial charge in [0.2, 0.25) is 5.91 Å². The number of amides is 1. The molecule has 3 heterocycles. The van der Waals surface area contributed by atoms with E-state index in [1.807, 2.05) is 34.5 Å². The number of fused-ring (bicyclic) bond motifs is 2. The van der Waals surface area contributed by atoms with Crippen molar-refractivity contribution in [3.8, 4) is 0 Å². The van der Waals surface area contributed by atoms with E-state index in [-0.39, 0.29) is 17.2 Å². The molecule has 0 saturated heterocycles. The number of benzene rings is 1. The minimum absolute atomic E-state index is 0.0401. The van der Waals surface area contributed by atoms with E-state index in [1.54, 1.807) is 24.9 Å². The van der Waals surface area contributed by atoms with Crippen molar-refractivity contribution >= 4 is 56.7 Å². The van der Waals surface area contributed by atoms with Crippen LogP contribution >= 0.6 is 34.9 Å². The molecule has 2 aromatic heterocycles. The fraction of sp³-hybridized carbons (Fsp3) is 0.235. The van der Waals surface area contributed by atoms with Gasteiger partial charge in [-0.05, 0) is 23.6 Å². The van der Waals surface area contributed by atoms with Gasteiger partial charge in [-0.2, -0.15) is 0 Å². The quantitative estimate of drug-likeness (QED) is 0.508. The Kier molecular flexibility index (Phi) is 4.58. The molecule has 0 bridgehead atoms. The summed E-state index contributed by atoms with van der Waals surface area (Å²) in [6, 6.07) is 9.76. The first kappa shape index (κ1) is 16.7. The molecule has 128 valence electrons. The first-order chi connectivity index (χ1) is 12.1. The number of hydrogen-bond acceptors (Lipinski definition) is 6. The first-order valence-corrected chi connectivity index (χ1v) is 10.6. The third-order valence-corrected chi connectivity index (χ3v) is 6.88. The van der Waals surface area contributed by atoms with Crippen LogP contribution in [0.1, 0.15) is 0 Å². The van der Waals surface area contributed by atoms with Crippen molar-refractivity contribution in [2.24, 2.45) is 7.05 Å². The highest BCUT2D eigenvalue weighted by molar-refractivity contribution is 8.00. The summed E-state index contributed by atoms with van der Waals surface area (Å²) in [5.74, 6) is 1.19. The molecule has 0 spiro atoms. The fourth-order valence-corrected chi connectivity index (χ4v) is 5.39. The molecule has 5 nitrogen and oxygen atoms in total. The Bertz CT molecular complexity index is 1010. The number of thioether (sulfide) groups is 2. The van der Waals surface area contributed by atoms with Crippen LogP contribution in [0, 0.1) is 0 Å². The number of rotatable bonds is 3. The van der Waals surface area contributed by atoms with Crippen LogP contribution in [0.15, 0.2) is 50.6 Å². The standard InChI is InChI=1S/C17H15N3O2S3/c1-19-16(22)11-6-8-24-15(11)18-17(19)25-10-14(21)20-7-9-23-13-5-3-2-4-12(13)20/h2-6,8H,7,9-10H2,1H3. The van der Waals surface area contributed by atoms with E-state index in [9.17, 15) is 9.59 Å². The van der Waals surface area contributed by atoms with E-state index >= 15 is 0 Å². The van der Waals surface area contributed by atoms with Gasteiger partial charge >= 0.3 is 0 Å². The Hall–Kier alpha value is -1.77. The number of para-hydroxylation sites is 1. The lowest BCUT2D eigenvalue weighted by Crippen LogP contribution is -2.36. The van der Waals surface area contributed by atoms with Crippen molar-refractivity contribution in [1.29, 1.82) is 0 Å². The third kappa shape index (κ3) is 3.09. The highest BCUT2D eigenvalue weighted by atomic mass is 32.2. The monoisotopic (exact) mass is 389 g/mol. The minimum Gasteiger partial charge on any atom is -0.310 e. The number of hydrogen-bond donors (Lipinski definition) is 0.